The summed E-state index contributed by atoms with van der Waals surface area (Å²) in [7, 11) is 0. The maximum atomic E-state index is 11.0. The highest BCUT2D eigenvalue weighted by Crippen LogP contribution is 2.01. The lowest BCUT2D eigenvalue weighted by atomic mass is 10.1. The van der Waals surface area contributed by atoms with Gasteiger partial charge in [0.05, 0.1) is 12.3 Å². The first-order chi connectivity index (χ1) is 6.74. The topological polar surface area (TPSA) is 38.7 Å². The minimum atomic E-state index is -0.533. The molecule has 0 heterocycles. The van der Waals surface area contributed by atoms with Crippen LogP contribution in [0.5, 0.6) is 0 Å². The van der Waals surface area contributed by atoms with E-state index in [4.69, 9.17) is 4.74 Å². The van der Waals surface area contributed by atoms with Gasteiger partial charge in [0.15, 0.2) is 0 Å². The molecule has 0 spiro atoms. The van der Waals surface area contributed by atoms with Crippen LogP contribution in [-0.2, 0) is 4.74 Å². The first kappa shape index (κ1) is 10.4. The molecule has 0 saturated heterocycles. The molecule has 0 bridgehead atoms. The van der Waals surface area contributed by atoms with E-state index in [2.05, 4.69) is 4.99 Å². The molecule has 3 nitrogen and oxygen atoms in total. The normalized spacial score (nSPS) is 11.1. The molecule has 74 valence electrons. The third-order valence-corrected chi connectivity index (χ3v) is 1.72. The highest BCUT2D eigenvalue weighted by atomic mass is 16.5. The Morgan fingerprint density at radius 2 is 2.00 bits per heavy atom. The van der Waals surface area contributed by atoms with Gasteiger partial charge in [0.1, 0.15) is 0 Å². The largest absolute Gasteiger partial charge is 0.448 e. The molecule has 0 aliphatic rings. The van der Waals surface area contributed by atoms with Crippen molar-refractivity contribution in [3.8, 4) is 0 Å². The summed E-state index contributed by atoms with van der Waals surface area (Å²) in [6, 6.07) is 9.52. The second kappa shape index (κ2) is 5.17. The Kier molecular flexibility index (Phi) is 3.85. The second-order valence-corrected chi connectivity index (χ2v) is 2.76. The van der Waals surface area contributed by atoms with Gasteiger partial charge in [-0.15, -0.1) is 0 Å². The number of nitrogens with zero attached hydrogens (tertiary/aromatic N) is 1. The highest BCUT2D eigenvalue weighted by molar-refractivity contribution is 6.03. The van der Waals surface area contributed by atoms with E-state index in [1.165, 1.54) is 0 Å². The van der Waals surface area contributed by atoms with E-state index in [1.807, 2.05) is 30.3 Å². The molecular formula is C11H13NO2. The monoisotopic (exact) mass is 191 g/mol. The van der Waals surface area contributed by atoms with Crippen LogP contribution in [-0.4, -0.2) is 18.4 Å². The number of amides is 1. The van der Waals surface area contributed by atoms with Gasteiger partial charge in [0.25, 0.3) is 0 Å². The van der Waals surface area contributed by atoms with Gasteiger partial charge in [0, 0.05) is 0 Å². The zero-order valence-electron chi connectivity index (χ0n) is 8.36. The summed E-state index contributed by atoms with van der Waals surface area (Å²) in [4.78, 5) is 14.8. The highest BCUT2D eigenvalue weighted by Gasteiger charge is 2.00. The number of carbonyl (C=O) groups is 1. The van der Waals surface area contributed by atoms with Crippen molar-refractivity contribution in [2.24, 2.45) is 4.99 Å². The van der Waals surface area contributed by atoms with Crippen molar-refractivity contribution in [3.63, 3.8) is 0 Å². The lowest BCUT2D eigenvalue weighted by Crippen LogP contribution is -2.03. The number of hydrogen-bond donors (Lipinski definition) is 0. The Bertz CT molecular complexity index is 330. The Morgan fingerprint density at radius 3 is 2.57 bits per heavy atom. The van der Waals surface area contributed by atoms with Gasteiger partial charge in [-0.05, 0) is 19.4 Å². The summed E-state index contributed by atoms with van der Waals surface area (Å²) in [5, 5.41) is 0. The third-order valence-electron chi connectivity index (χ3n) is 1.72. The molecule has 0 aliphatic carbocycles. The van der Waals surface area contributed by atoms with Crippen molar-refractivity contribution in [1.82, 2.24) is 0 Å². The molecule has 1 aromatic rings. The predicted molar refractivity (Wildman–Crippen MR) is 55.7 cm³/mol. The smallest absolute Gasteiger partial charge is 0.433 e. The molecule has 0 atom stereocenters. The molecule has 1 aromatic carbocycles. The third kappa shape index (κ3) is 3.01. The van der Waals surface area contributed by atoms with Gasteiger partial charge in [-0.1, -0.05) is 30.3 Å². The average molecular weight is 191 g/mol. The van der Waals surface area contributed by atoms with Crippen LogP contribution < -0.4 is 0 Å². The number of hydrogen-bond acceptors (Lipinski definition) is 2. The molecule has 0 aliphatic heterocycles. The van der Waals surface area contributed by atoms with Crippen molar-refractivity contribution >= 4 is 11.8 Å². The molecule has 3 heteroatoms. The van der Waals surface area contributed by atoms with E-state index in [0.29, 0.717) is 12.3 Å². The molecule has 1 amide bonds. The molecule has 0 unspecified atom stereocenters. The van der Waals surface area contributed by atoms with Crippen LogP contribution in [0, 0.1) is 0 Å². The summed E-state index contributed by atoms with van der Waals surface area (Å²) in [6.45, 7) is 3.89. The van der Waals surface area contributed by atoms with Crippen LogP contribution in [0.1, 0.15) is 19.4 Å². The number of carbonyl (C=O) groups excluding carboxylic acids is 1. The SMILES string of the molecule is CCOC(=O)/N=C(/C)c1ccccc1. The summed E-state index contributed by atoms with van der Waals surface area (Å²) < 4.78 is 4.71. The lowest BCUT2D eigenvalue weighted by Gasteiger charge is -1.99. The van der Waals surface area contributed by atoms with Gasteiger partial charge in [-0.2, -0.15) is 4.99 Å². The Balaban J connectivity index is 2.75. The van der Waals surface area contributed by atoms with E-state index >= 15 is 0 Å². The van der Waals surface area contributed by atoms with Gasteiger partial charge in [-0.3, -0.25) is 0 Å². The van der Waals surface area contributed by atoms with Crippen molar-refractivity contribution in [1.29, 1.82) is 0 Å². The average Bonchev–Trinajstić information content (AvgIpc) is 2.19. The van der Waals surface area contributed by atoms with E-state index in [0.717, 1.165) is 5.56 Å². The Morgan fingerprint density at radius 1 is 1.36 bits per heavy atom. The van der Waals surface area contributed by atoms with Crippen LogP contribution in [0.3, 0.4) is 0 Å². The summed E-state index contributed by atoms with van der Waals surface area (Å²) in [5.41, 5.74) is 1.60. The lowest BCUT2D eigenvalue weighted by molar-refractivity contribution is 0.163. The Hall–Kier alpha value is -1.64. The number of aliphatic imine (C=N–C) groups is 1. The first-order valence-electron chi connectivity index (χ1n) is 4.51. The molecular weight excluding hydrogens is 178 g/mol. The van der Waals surface area contributed by atoms with E-state index in [9.17, 15) is 4.79 Å². The van der Waals surface area contributed by atoms with Crippen LogP contribution >= 0.6 is 0 Å². The Labute approximate surface area is 83.4 Å². The zero-order valence-corrected chi connectivity index (χ0v) is 8.36. The van der Waals surface area contributed by atoms with Crippen LogP contribution in [0.15, 0.2) is 35.3 Å². The maximum absolute atomic E-state index is 11.0. The zero-order chi connectivity index (χ0) is 10.4. The molecule has 0 saturated carbocycles. The van der Waals surface area contributed by atoms with Gasteiger partial charge >= 0.3 is 6.09 Å². The fourth-order valence-corrected chi connectivity index (χ4v) is 1.04. The number of benzene rings is 1. The minimum absolute atomic E-state index is 0.352. The van der Waals surface area contributed by atoms with E-state index in [1.54, 1.807) is 13.8 Å². The fraction of sp³-hybridized carbons (Fsp3) is 0.273. The minimum Gasteiger partial charge on any atom is -0.448 e. The predicted octanol–water partition coefficient (Wildman–Crippen LogP) is 2.65. The van der Waals surface area contributed by atoms with Crippen molar-refractivity contribution in [3.05, 3.63) is 35.9 Å². The molecule has 14 heavy (non-hydrogen) atoms. The van der Waals surface area contributed by atoms with Crippen molar-refractivity contribution in [2.45, 2.75) is 13.8 Å². The molecule has 0 radical (unpaired) electrons. The van der Waals surface area contributed by atoms with Crippen LogP contribution in [0.4, 0.5) is 4.79 Å². The summed E-state index contributed by atoms with van der Waals surface area (Å²) in [5.74, 6) is 0. The van der Waals surface area contributed by atoms with Crippen molar-refractivity contribution in [2.75, 3.05) is 6.61 Å². The van der Waals surface area contributed by atoms with E-state index in [-0.39, 0.29) is 0 Å². The molecule has 0 aromatic heterocycles. The molecule has 0 fully saturated rings. The van der Waals surface area contributed by atoms with Gasteiger partial charge in [-0.25, -0.2) is 4.79 Å². The second-order valence-electron chi connectivity index (χ2n) is 2.76. The quantitative estimate of drug-likeness (QED) is 0.674. The van der Waals surface area contributed by atoms with E-state index < -0.39 is 6.09 Å². The maximum Gasteiger partial charge on any atom is 0.433 e. The van der Waals surface area contributed by atoms with Crippen LogP contribution in [0.2, 0.25) is 0 Å². The number of rotatable bonds is 2. The summed E-state index contributed by atoms with van der Waals surface area (Å²) >= 11 is 0. The fourth-order valence-electron chi connectivity index (χ4n) is 1.04. The van der Waals surface area contributed by atoms with Gasteiger partial charge in [0.2, 0.25) is 0 Å². The summed E-state index contributed by atoms with van der Waals surface area (Å²) in [6.07, 6.45) is -0.533. The first-order valence-corrected chi connectivity index (χ1v) is 4.51. The molecule has 0 N–H and O–H groups in total. The molecule has 1 rings (SSSR count). The standard InChI is InChI=1S/C11H13NO2/c1-3-14-11(13)12-9(2)10-7-5-4-6-8-10/h4-8H,3H2,1-2H3/b12-9-. The van der Waals surface area contributed by atoms with Crippen molar-refractivity contribution < 1.29 is 9.53 Å². The van der Waals surface area contributed by atoms with Gasteiger partial charge < -0.3 is 4.74 Å². The number of ether oxygens (including phenoxy) is 1. The van der Waals surface area contributed by atoms with Crippen LogP contribution in [0.25, 0.3) is 0 Å².